The summed E-state index contributed by atoms with van der Waals surface area (Å²) in [4.78, 5) is 2.66. The Morgan fingerprint density at radius 3 is 2.36 bits per heavy atom. The Kier molecular flexibility index (Phi) is 1.92. The summed E-state index contributed by atoms with van der Waals surface area (Å²) < 4.78 is 0. The highest BCUT2D eigenvalue weighted by Gasteiger charge is 2.37. The summed E-state index contributed by atoms with van der Waals surface area (Å²) in [6, 6.07) is 1.01. The highest BCUT2D eigenvalue weighted by atomic mass is 15.2. The largest absolute Gasteiger partial charge is 0.300 e. The van der Waals surface area contributed by atoms with Gasteiger partial charge in [-0.05, 0) is 31.1 Å². The Bertz CT molecular complexity index is 132. The van der Waals surface area contributed by atoms with Gasteiger partial charge in [-0.1, -0.05) is 13.8 Å². The lowest BCUT2D eigenvalue weighted by atomic mass is 9.90. The van der Waals surface area contributed by atoms with Crippen LogP contribution in [0.1, 0.15) is 33.1 Å². The van der Waals surface area contributed by atoms with E-state index < -0.39 is 0 Å². The van der Waals surface area contributed by atoms with E-state index in [0.717, 1.165) is 17.9 Å². The van der Waals surface area contributed by atoms with Crippen molar-refractivity contribution >= 4 is 0 Å². The SMILES string of the molecule is CC(C)CC1CN(C2CC2)C1. The minimum absolute atomic E-state index is 0.904. The van der Waals surface area contributed by atoms with Crippen LogP contribution < -0.4 is 0 Å². The Morgan fingerprint density at radius 1 is 1.27 bits per heavy atom. The maximum Gasteiger partial charge on any atom is 0.00966 e. The molecule has 2 aliphatic rings. The van der Waals surface area contributed by atoms with E-state index in [1.54, 1.807) is 0 Å². The first-order chi connectivity index (χ1) is 5.25. The van der Waals surface area contributed by atoms with E-state index in [-0.39, 0.29) is 0 Å². The first-order valence-electron chi connectivity index (χ1n) is 4.99. The molecule has 1 aliphatic heterocycles. The maximum atomic E-state index is 2.66. The molecular formula is C10H19N. The molecule has 0 bridgehead atoms. The first-order valence-corrected chi connectivity index (χ1v) is 4.99. The average Bonchev–Trinajstić information content (AvgIpc) is 2.58. The van der Waals surface area contributed by atoms with Crippen LogP contribution in [-0.2, 0) is 0 Å². The lowest BCUT2D eigenvalue weighted by Gasteiger charge is -2.40. The lowest BCUT2D eigenvalue weighted by Crippen LogP contribution is -2.48. The smallest absolute Gasteiger partial charge is 0.00966 e. The molecule has 1 heterocycles. The van der Waals surface area contributed by atoms with E-state index in [2.05, 4.69) is 18.7 Å². The Balaban J connectivity index is 1.63. The zero-order chi connectivity index (χ0) is 7.84. The fraction of sp³-hybridized carbons (Fsp3) is 1.00. The Hall–Kier alpha value is -0.0400. The molecule has 64 valence electrons. The van der Waals surface area contributed by atoms with Crippen LogP contribution in [0.2, 0.25) is 0 Å². The number of hydrogen-bond donors (Lipinski definition) is 0. The third-order valence-corrected chi connectivity index (χ3v) is 2.85. The molecule has 1 nitrogen and oxygen atoms in total. The standard InChI is InChI=1S/C10H19N/c1-8(2)5-9-6-11(7-9)10-3-4-10/h8-10H,3-7H2,1-2H3. The predicted molar refractivity (Wildman–Crippen MR) is 47.5 cm³/mol. The molecule has 0 unspecified atom stereocenters. The van der Waals surface area contributed by atoms with Gasteiger partial charge in [-0.25, -0.2) is 0 Å². The van der Waals surface area contributed by atoms with Gasteiger partial charge in [-0.2, -0.15) is 0 Å². The van der Waals surface area contributed by atoms with E-state index in [1.165, 1.54) is 32.4 Å². The molecule has 1 aliphatic carbocycles. The van der Waals surface area contributed by atoms with Crippen molar-refractivity contribution in [2.24, 2.45) is 11.8 Å². The third kappa shape index (κ3) is 1.76. The second-order valence-corrected chi connectivity index (χ2v) is 4.68. The second kappa shape index (κ2) is 2.78. The van der Waals surface area contributed by atoms with Crippen LogP contribution in [0.25, 0.3) is 0 Å². The van der Waals surface area contributed by atoms with E-state index in [4.69, 9.17) is 0 Å². The summed E-state index contributed by atoms with van der Waals surface area (Å²) in [6.07, 6.45) is 4.41. The van der Waals surface area contributed by atoms with Gasteiger partial charge >= 0.3 is 0 Å². The Morgan fingerprint density at radius 2 is 1.91 bits per heavy atom. The summed E-state index contributed by atoms with van der Waals surface area (Å²) >= 11 is 0. The van der Waals surface area contributed by atoms with Gasteiger partial charge in [0.25, 0.3) is 0 Å². The molecule has 0 N–H and O–H groups in total. The topological polar surface area (TPSA) is 3.24 Å². The van der Waals surface area contributed by atoms with Crippen LogP contribution in [0.4, 0.5) is 0 Å². The van der Waals surface area contributed by atoms with Gasteiger partial charge in [0.05, 0.1) is 0 Å². The lowest BCUT2D eigenvalue weighted by molar-refractivity contribution is 0.0772. The van der Waals surface area contributed by atoms with Crippen LogP contribution in [0.15, 0.2) is 0 Å². The highest BCUT2D eigenvalue weighted by Crippen LogP contribution is 2.34. The van der Waals surface area contributed by atoms with E-state index in [1.807, 2.05) is 0 Å². The van der Waals surface area contributed by atoms with Crippen molar-refractivity contribution in [2.75, 3.05) is 13.1 Å². The molecule has 0 radical (unpaired) electrons. The third-order valence-electron chi connectivity index (χ3n) is 2.85. The molecule has 0 amide bonds. The monoisotopic (exact) mass is 153 g/mol. The fourth-order valence-electron chi connectivity index (χ4n) is 2.16. The van der Waals surface area contributed by atoms with Gasteiger partial charge in [0.1, 0.15) is 0 Å². The summed E-state index contributed by atoms with van der Waals surface area (Å²) in [6.45, 7) is 7.48. The van der Waals surface area contributed by atoms with Crippen molar-refractivity contribution < 1.29 is 0 Å². The quantitative estimate of drug-likeness (QED) is 0.600. The fourth-order valence-corrected chi connectivity index (χ4v) is 2.16. The minimum atomic E-state index is 0.904. The van der Waals surface area contributed by atoms with Crippen molar-refractivity contribution in [3.8, 4) is 0 Å². The van der Waals surface area contributed by atoms with Crippen LogP contribution in [0.5, 0.6) is 0 Å². The maximum absolute atomic E-state index is 2.66. The summed E-state index contributed by atoms with van der Waals surface area (Å²) in [5.74, 6) is 1.94. The predicted octanol–water partition coefficient (Wildman–Crippen LogP) is 2.13. The molecule has 2 fully saturated rings. The van der Waals surface area contributed by atoms with Crippen molar-refractivity contribution in [3.63, 3.8) is 0 Å². The molecule has 0 atom stereocenters. The second-order valence-electron chi connectivity index (χ2n) is 4.68. The number of rotatable bonds is 3. The summed E-state index contributed by atoms with van der Waals surface area (Å²) in [5.41, 5.74) is 0. The number of likely N-dealkylation sites (tertiary alicyclic amines) is 1. The van der Waals surface area contributed by atoms with Gasteiger partial charge in [-0.3, -0.25) is 4.90 Å². The Labute approximate surface area is 69.8 Å². The van der Waals surface area contributed by atoms with Gasteiger partial charge in [0.15, 0.2) is 0 Å². The van der Waals surface area contributed by atoms with E-state index in [9.17, 15) is 0 Å². The molecule has 2 rings (SSSR count). The van der Waals surface area contributed by atoms with E-state index in [0.29, 0.717) is 0 Å². The average molecular weight is 153 g/mol. The normalized spacial score (nSPS) is 27.5. The molecule has 11 heavy (non-hydrogen) atoms. The van der Waals surface area contributed by atoms with E-state index >= 15 is 0 Å². The molecule has 1 saturated carbocycles. The van der Waals surface area contributed by atoms with Gasteiger partial charge in [0.2, 0.25) is 0 Å². The zero-order valence-corrected chi connectivity index (χ0v) is 7.71. The molecule has 0 spiro atoms. The van der Waals surface area contributed by atoms with Crippen LogP contribution in [0.3, 0.4) is 0 Å². The summed E-state index contributed by atoms with van der Waals surface area (Å²) in [5, 5.41) is 0. The number of hydrogen-bond acceptors (Lipinski definition) is 1. The van der Waals surface area contributed by atoms with Crippen LogP contribution >= 0.6 is 0 Å². The molecule has 0 aromatic heterocycles. The van der Waals surface area contributed by atoms with Crippen molar-refractivity contribution in [1.82, 2.24) is 4.90 Å². The number of nitrogens with zero attached hydrogens (tertiary/aromatic N) is 1. The van der Waals surface area contributed by atoms with Gasteiger partial charge in [0, 0.05) is 19.1 Å². The summed E-state index contributed by atoms with van der Waals surface area (Å²) in [7, 11) is 0. The molecule has 1 saturated heterocycles. The van der Waals surface area contributed by atoms with Crippen LogP contribution in [0, 0.1) is 11.8 Å². The molecule has 0 aromatic rings. The first kappa shape index (κ1) is 7.60. The van der Waals surface area contributed by atoms with Crippen molar-refractivity contribution in [2.45, 2.75) is 39.2 Å². The minimum Gasteiger partial charge on any atom is -0.300 e. The highest BCUT2D eigenvalue weighted by molar-refractivity contribution is 4.92. The van der Waals surface area contributed by atoms with Crippen molar-refractivity contribution in [1.29, 1.82) is 0 Å². The molecular weight excluding hydrogens is 134 g/mol. The van der Waals surface area contributed by atoms with Crippen LogP contribution in [-0.4, -0.2) is 24.0 Å². The molecule has 1 heteroatoms. The molecule has 0 aromatic carbocycles. The zero-order valence-electron chi connectivity index (χ0n) is 7.71. The van der Waals surface area contributed by atoms with Crippen molar-refractivity contribution in [3.05, 3.63) is 0 Å². The van der Waals surface area contributed by atoms with Gasteiger partial charge < -0.3 is 0 Å². The van der Waals surface area contributed by atoms with Gasteiger partial charge in [-0.15, -0.1) is 0 Å².